The number of likely N-dealkylation sites (N-methyl/N-ethyl adjacent to an activating group) is 1. The Balaban J connectivity index is 1.23. The number of rotatable bonds is 6. The predicted octanol–water partition coefficient (Wildman–Crippen LogP) is 3.06. The molecular formula is C26H24N8O3. The molecule has 1 fully saturated rings. The second-order valence-corrected chi connectivity index (χ2v) is 9.11. The molecule has 0 bridgehead atoms. The van der Waals surface area contributed by atoms with Crippen LogP contribution in [0.25, 0.3) is 28.4 Å². The van der Waals surface area contributed by atoms with E-state index in [-0.39, 0.29) is 18.2 Å². The van der Waals surface area contributed by atoms with Crippen LogP contribution in [0.2, 0.25) is 0 Å². The van der Waals surface area contributed by atoms with Gasteiger partial charge < -0.3 is 24.2 Å². The van der Waals surface area contributed by atoms with Crippen molar-refractivity contribution in [3.05, 3.63) is 78.6 Å². The molecule has 0 aromatic carbocycles. The monoisotopic (exact) mass is 496 g/mol. The average Bonchev–Trinajstić information content (AvgIpc) is 3.66. The number of nitrogens with zero attached hydrogens (tertiary/aromatic N) is 7. The lowest BCUT2D eigenvalue weighted by atomic mass is 9.98. The molecule has 1 unspecified atom stereocenters. The Kier molecular flexibility index (Phi) is 5.41. The van der Waals surface area contributed by atoms with Gasteiger partial charge in [0.05, 0.1) is 23.1 Å². The number of carbonyl (C=O) groups excluding carboxylic acids is 1. The van der Waals surface area contributed by atoms with Gasteiger partial charge in [-0.25, -0.2) is 19.9 Å². The number of amides is 1. The minimum Gasteiger partial charge on any atom is -0.373 e. The van der Waals surface area contributed by atoms with E-state index in [1.165, 1.54) is 4.90 Å². The van der Waals surface area contributed by atoms with Crippen molar-refractivity contribution in [2.45, 2.75) is 25.0 Å². The van der Waals surface area contributed by atoms with Gasteiger partial charge in [0, 0.05) is 50.9 Å². The fourth-order valence-corrected chi connectivity index (χ4v) is 4.43. The van der Waals surface area contributed by atoms with E-state index in [1.807, 2.05) is 48.0 Å². The molecule has 11 nitrogen and oxygen atoms in total. The highest BCUT2D eigenvalue weighted by Gasteiger charge is 2.48. The summed E-state index contributed by atoms with van der Waals surface area (Å²) in [6.45, 7) is 2.48. The SMILES string of the molecule is C[C@H](Nc1nccc(-c2cccc(-c3cc(C4(O)CCN(C)C4=O)on3)n2)n1)c1ccc2nccn2c1. The summed E-state index contributed by atoms with van der Waals surface area (Å²) in [6.07, 6.45) is 7.62. The quantitative estimate of drug-likeness (QED) is 0.364. The van der Waals surface area contributed by atoms with Gasteiger partial charge in [0.25, 0.3) is 5.91 Å². The molecule has 6 rings (SSSR count). The summed E-state index contributed by atoms with van der Waals surface area (Å²) in [7, 11) is 1.65. The van der Waals surface area contributed by atoms with E-state index in [2.05, 4.69) is 30.4 Å². The number of aliphatic hydroxyl groups is 1. The number of carbonyl (C=O) groups is 1. The zero-order valence-electron chi connectivity index (χ0n) is 20.2. The Labute approximate surface area is 211 Å². The van der Waals surface area contributed by atoms with Gasteiger partial charge in [0.1, 0.15) is 11.3 Å². The van der Waals surface area contributed by atoms with Crippen molar-refractivity contribution in [2.24, 2.45) is 0 Å². The molecule has 2 atom stereocenters. The topological polar surface area (TPSA) is 135 Å². The maximum atomic E-state index is 12.4. The summed E-state index contributed by atoms with van der Waals surface area (Å²) in [6, 6.07) is 12.8. The number of likely N-dealkylation sites (tertiary alicyclic amines) is 1. The van der Waals surface area contributed by atoms with Crippen molar-refractivity contribution in [3.63, 3.8) is 0 Å². The van der Waals surface area contributed by atoms with Crippen LogP contribution < -0.4 is 5.32 Å². The van der Waals surface area contributed by atoms with Crippen LogP contribution in [0, 0.1) is 0 Å². The zero-order valence-corrected chi connectivity index (χ0v) is 20.2. The Morgan fingerprint density at radius 3 is 2.68 bits per heavy atom. The van der Waals surface area contributed by atoms with Gasteiger partial charge in [-0.05, 0) is 36.8 Å². The van der Waals surface area contributed by atoms with Crippen molar-refractivity contribution in [3.8, 4) is 22.8 Å². The van der Waals surface area contributed by atoms with Crippen LogP contribution >= 0.6 is 0 Å². The van der Waals surface area contributed by atoms with Gasteiger partial charge in [-0.3, -0.25) is 4.79 Å². The van der Waals surface area contributed by atoms with Crippen molar-refractivity contribution < 1.29 is 14.4 Å². The highest BCUT2D eigenvalue weighted by atomic mass is 16.5. The van der Waals surface area contributed by atoms with Crippen LogP contribution in [0.4, 0.5) is 5.95 Å². The van der Waals surface area contributed by atoms with Crippen LogP contribution in [-0.2, 0) is 10.4 Å². The highest BCUT2D eigenvalue weighted by Crippen LogP contribution is 2.34. The number of hydrogen-bond donors (Lipinski definition) is 2. The van der Waals surface area contributed by atoms with E-state index in [9.17, 15) is 9.90 Å². The van der Waals surface area contributed by atoms with Crippen molar-refractivity contribution in [1.82, 2.24) is 34.4 Å². The lowest BCUT2D eigenvalue weighted by Gasteiger charge is -2.16. The molecule has 0 radical (unpaired) electrons. The molecule has 11 heteroatoms. The summed E-state index contributed by atoms with van der Waals surface area (Å²) in [5.74, 6) is 0.176. The molecule has 37 heavy (non-hydrogen) atoms. The van der Waals surface area contributed by atoms with Crippen molar-refractivity contribution in [1.29, 1.82) is 0 Å². The summed E-state index contributed by atoms with van der Waals surface area (Å²) < 4.78 is 7.34. The largest absolute Gasteiger partial charge is 0.373 e. The number of imidazole rings is 1. The first-order valence-corrected chi connectivity index (χ1v) is 11.9. The van der Waals surface area contributed by atoms with Gasteiger partial charge in [-0.2, -0.15) is 0 Å². The predicted molar refractivity (Wildman–Crippen MR) is 134 cm³/mol. The molecule has 186 valence electrons. The van der Waals surface area contributed by atoms with E-state index >= 15 is 0 Å². The number of pyridine rings is 2. The van der Waals surface area contributed by atoms with Gasteiger partial charge in [-0.15, -0.1) is 0 Å². The third-order valence-corrected chi connectivity index (χ3v) is 6.61. The maximum Gasteiger partial charge on any atom is 0.262 e. The first-order chi connectivity index (χ1) is 17.9. The molecule has 0 spiro atoms. The summed E-state index contributed by atoms with van der Waals surface area (Å²) in [5.41, 5.74) is 2.45. The summed E-state index contributed by atoms with van der Waals surface area (Å²) in [4.78, 5) is 31.9. The lowest BCUT2D eigenvalue weighted by molar-refractivity contribution is -0.144. The third-order valence-electron chi connectivity index (χ3n) is 6.61. The molecule has 2 N–H and O–H groups in total. The van der Waals surface area contributed by atoms with E-state index in [1.54, 1.807) is 37.6 Å². The van der Waals surface area contributed by atoms with Gasteiger partial charge >= 0.3 is 0 Å². The molecule has 0 aliphatic carbocycles. The highest BCUT2D eigenvalue weighted by molar-refractivity contribution is 5.87. The van der Waals surface area contributed by atoms with Crippen LogP contribution in [0.15, 0.2) is 71.8 Å². The second kappa shape index (κ2) is 8.79. The first kappa shape index (κ1) is 22.8. The average molecular weight is 497 g/mol. The molecule has 1 aliphatic rings. The molecule has 1 amide bonds. The smallest absolute Gasteiger partial charge is 0.262 e. The van der Waals surface area contributed by atoms with E-state index in [4.69, 9.17) is 4.52 Å². The molecule has 6 heterocycles. The summed E-state index contributed by atoms with van der Waals surface area (Å²) in [5, 5.41) is 18.2. The molecule has 1 aliphatic heterocycles. The van der Waals surface area contributed by atoms with Crippen LogP contribution in [-0.4, -0.2) is 59.0 Å². The normalized spacial score (nSPS) is 18.5. The molecule has 0 saturated carbocycles. The van der Waals surface area contributed by atoms with E-state index in [0.29, 0.717) is 35.3 Å². The number of anilines is 1. The van der Waals surface area contributed by atoms with Gasteiger partial charge in [0.15, 0.2) is 5.76 Å². The Morgan fingerprint density at radius 1 is 1.05 bits per heavy atom. The molecule has 1 saturated heterocycles. The van der Waals surface area contributed by atoms with Crippen LogP contribution in [0.1, 0.15) is 30.7 Å². The molecular weight excluding hydrogens is 472 g/mol. The number of nitrogens with one attached hydrogen (secondary N) is 1. The Morgan fingerprint density at radius 2 is 1.86 bits per heavy atom. The molecule has 5 aromatic heterocycles. The van der Waals surface area contributed by atoms with E-state index < -0.39 is 11.5 Å². The van der Waals surface area contributed by atoms with Gasteiger partial charge in [-0.1, -0.05) is 17.3 Å². The van der Waals surface area contributed by atoms with Crippen LogP contribution in [0.5, 0.6) is 0 Å². The Hall–Kier alpha value is -4.64. The number of hydrogen-bond acceptors (Lipinski definition) is 9. The van der Waals surface area contributed by atoms with Gasteiger partial charge in [0.2, 0.25) is 11.5 Å². The van der Waals surface area contributed by atoms with E-state index in [0.717, 1.165) is 11.2 Å². The number of aromatic nitrogens is 6. The standard InChI is InChI=1S/C26H24N8O3/c1-16(17-6-7-23-27-11-13-34(23)15-17)29-25-28-10-8-20(31-25)18-4-3-5-19(30-18)21-14-22(37-32-21)26(36)9-12-33(2)24(26)35/h3-8,10-11,13-16,36H,9,12H2,1-2H3,(H,28,29,31)/t16-,26?/m0/s1. The first-order valence-electron chi connectivity index (χ1n) is 11.9. The summed E-state index contributed by atoms with van der Waals surface area (Å²) >= 11 is 0. The fraction of sp³-hybridized carbons (Fsp3) is 0.231. The lowest BCUT2D eigenvalue weighted by Crippen LogP contribution is -2.35. The Bertz CT molecular complexity index is 1610. The van der Waals surface area contributed by atoms with Crippen LogP contribution in [0.3, 0.4) is 0 Å². The fourth-order valence-electron chi connectivity index (χ4n) is 4.43. The van der Waals surface area contributed by atoms with Crippen molar-refractivity contribution >= 4 is 17.5 Å². The minimum absolute atomic E-state index is 0.0435. The maximum absolute atomic E-state index is 12.4. The van der Waals surface area contributed by atoms with Crippen molar-refractivity contribution in [2.75, 3.05) is 18.9 Å². The zero-order chi connectivity index (χ0) is 25.6. The molecule has 5 aromatic rings. The number of fused-ring (bicyclic) bond motifs is 1. The third kappa shape index (κ3) is 4.08. The second-order valence-electron chi connectivity index (χ2n) is 9.11. The minimum atomic E-state index is -1.70.